The van der Waals surface area contributed by atoms with Crippen LogP contribution in [0.15, 0.2) is 30.3 Å². The van der Waals surface area contributed by atoms with Crippen molar-refractivity contribution in [2.75, 3.05) is 13.2 Å². The Labute approximate surface area is 118 Å². The fourth-order valence-corrected chi connectivity index (χ4v) is 1.42. The molecule has 0 radical (unpaired) electrons. The fraction of sp³-hybridized carbons (Fsp3) is 0.429. The smallest absolute Gasteiger partial charge is 0.408 e. The molecule has 6 heteroatoms. The lowest BCUT2D eigenvalue weighted by Crippen LogP contribution is -2.46. The van der Waals surface area contributed by atoms with E-state index in [4.69, 9.17) is 15.2 Å². The summed E-state index contributed by atoms with van der Waals surface area (Å²) in [4.78, 5) is 23.1. The molecule has 1 amide bonds. The molecule has 0 saturated heterocycles. The lowest BCUT2D eigenvalue weighted by Gasteiger charge is -2.15. The molecule has 110 valence electrons. The topological polar surface area (TPSA) is 90.6 Å². The quantitative estimate of drug-likeness (QED) is 0.732. The minimum atomic E-state index is -0.884. The summed E-state index contributed by atoms with van der Waals surface area (Å²) in [6.45, 7) is 2.28. The molecule has 0 aliphatic heterocycles. The van der Waals surface area contributed by atoms with Gasteiger partial charge in [0, 0.05) is 6.54 Å². The summed E-state index contributed by atoms with van der Waals surface area (Å²) in [5, 5.41) is 2.38. The second kappa shape index (κ2) is 8.92. The highest BCUT2D eigenvalue weighted by molar-refractivity contribution is 5.81. The van der Waals surface area contributed by atoms with Crippen LogP contribution >= 0.6 is 0 Å². The van der Waals surface area contributed by atoms with Crippen LogP contribution in [0.3, 0.4) is 0 Å². The van der Waals surface area contributed by atoms with Gasteiger partial charge >= 0.3 is 12.1 Å². The van der Waals surface area contributed by atoms with Crippen LogP contribution in [0.5, 0.6) is 0 Å². The maximum Gasteiger partial charge on any atom is 0.408 e. The summed E-state index contributed by atoms with van der Waals surface area (Å²) in [5.74, 6) is -0.550. The zero-order valence-corrected chi connectivity index (χ0v) is 11.5. The van der Waals surface area contributed by atoms with Crippen molar-refractivity contribution in [1.82, 2.24) is 5.32 Å². The Morgan fingerprint density at radius 3 is 2.55 bits per heavy atom. The standard InChI is InChI=1S/C14H20N2O4/c1-2-8-19-13(17)12(9-15)16-14(18)20-10-11-6-4-3-5-7-11/h3-7,12H,2,8-10,15H2,1H3,(H,16,18)/t12-/m0/s1. The molecule has 0 bridgehead atoms. The average molecular weight is 280 g/mol. The highest BCUT2D eigenvalue weighted by atomic mass is 16.6. The Bertz CT molecular complexity index is 422. The van der Waals surface area contributed by atoms with E-state index in [-0.39, 0.29) is 13.2 Å². The molecule has 1 aromatic rings. The highest BCUT2D eigenvalue weighted by Gasteiger charge is 2.21. The van der Waals surface area contributed by atoms with Gasteiger partial charge < -0.3 is 20.5 Å². The summed E-state index contributed by atoms with van der Waals surface area (Å²) in [5.41, 5.74) is 6.29. The molecule has 0 unspecified atom stereocenters. The van der Waals surface area contributed by atoms with Crippen molar-refractivity contribution in [3.05, 3.63) is 35.9 Å². The number of rotatable bonds is 7. The molecule has 1 rings (SSSR count). The van der Waals surface area contributed by atoms with E-state index in [2.05, 4.69) is 5.32 Å². The van der Waals surface area contributed by atoms with Crippen molar-refractivity contribution >= 4 is 12.1 Å². The Hall–Kier alpha value is -2.08. The van der Waals surface area contributed by atoms with E-state index in [9.17, 15) is 9.59 Å². The van der Waals surface area contributed by atoms with Crippen LogP contribution in [0.1, 0.15) is 18.9 Å². The van der Waals surface area contributed by atoms with Crippen LogP contribution in [0.4, 0.5) is 4.79 Å². The number of amides is 1. The molecule has 0 spiro atoms. The maximum absolute atomic E-state index is 11.6. The first-order valence-corrected chi connectivity index (χ1v) is 6.51. The molecule has 1 aromatic carbocycles. The van der Waals surface area contributed by atoms with Crippen LogP contribution in [-0.2, 0) is 20.9 Å². The SMILES string of the molecule is CCCOC(=O)[C@H](CN)NC(=O)OCc1ccccc1. The number of nitrogens with one attached hydrogen (secondary N) is 1. The molecular formula is C14H20N2O4. The van der Waals surface area contributed by atoms with Gasteiger partial charge in [0.1, 0.15) is 12.6 Å². The first kappa shape index (κ1) is 16.0. The number of carbonyl (C=O) groups excluding carboxylic acids is 2. The van der Waals surface area contributed by atoms with Gasteiger partial charge in [-0.15, -0.1) is 0 Å². The van der Waals surface area contributed by atoms with E-state index in [1.54, 1.807) is 0 Å². The molecule has 0 saturated carbocycles. The van der Waals surface area contributed by atoms with E-state index < -0.39 is 18.1 Å². The highest BCUT2D eigenvalue weighted by Crippen LogP contribution is 2.01. The van der Waals surface area contributed by atoms with Gasteiger partial charge in [0.25, 0.3) is 0 Å². The normalized spacial score (nSPS) is 11.5. The predicted octanol–water partition coefficient (Wildman–Crippen LogP) is 1.19. The number of hydrogen-bond acceptors (Lipinski definition) is 5. The number of nitrogens with two attached hydrogens (primary N) is 1. The Kier molecular flexibility index (Phi) is 7.13. The summed E-state index contributed by atoms with van der Waals surface area (Å²) in [6.07, 6.45) is 0.0133. The summed E-state index contributed by atoms with van der Waals surface area (Å²) in [7, 11) is 0. The third-order valence-corrected chi connectivity index (χ3v) is 2.47. The van der Waals surface area contributed by atoms with Gasteiger partial charge in [0.15, 0.2) is 0 Å². The van der Waals surface area contributed by atoms with E-state index in [0.717, 1.165) is 5.56 Å². The molecular weight excluding hydrogens is 260 g/mol. The molecule has 20 heavy (non-hydrogen) atoms. The minimum Gasteiger partial charge on any atom is -0.464 e. The number of alkyl carbamates (subject to hydrolysis) is 1. The van der Waals surface area contributed by atoms with E-state index in [1.807, 2.05) is 37.3 Å². The minimum absolute atomic E-state index is 0.0387. The van der Waals surface area contributed by atoms with Crippen molar-refractivity contribution in [2.24, 2.45) is 5.73 Å². The number of benzene rings is 1. The Morgan fingerprint density at radius 2 is 1.95 bits per heavy atom. The molecule has 0 aliphatic carbocycles. The van der Waals surface area contributed by atoms with E-state index in [1.165, 1.54) is 0 Å². The summed E-state index contributed by atoms with van der Waals surface area (Å²) < 4.78 is 9.92. The first-order chi connectivity index (χ1) is 9.67. The van der Waals surface area contributed by atoms with Gasteiger partial charge in [-0.3, -0.25) is 0 Å². The number of ether oxygens (including phenoxy) is 2. The lowest BCUT2D eigenvalue weighted by molar-refractivity contribution is -0.145. The van der Waals surface area contributed by atoms with Crippen LogP contribution in [-0.4, -0.2) is 31.3 Å². The second-order valence-corrected chi connectivity index (χ2v) is 4.16. The van der Waals surface area contributed by atoms with Crippen molar-refractivity contribution in [2.45, 2.75) is 26.0 Å². The van der Waals surface area contributed by atoms with Crippen molar-refractivity contribution in [1.29, 1.82) is 0 Å². The monoisotopic (exact) mass is 280 g/mol. The van der Waals surface area contributed by atoms with Gasteiger partial charge in [0.2, 0.25) is 0 Å². The molecule has 1 atom stereocenters. The Morgan fingerprint density at radius 1 is 1.25 bits per heavy atom. The molecule has 3 N–H and O–H groups in total. The zero-order chi connectivity index (χ0) is 14.8. The van der Waals surface area contributed by atoms with Crippen molar-refractivity contribution < 1.29 is 19.1 Å². The third-order valence-electron chi connectivity index (χ3n) is 2.47. The summed E-state index contributed by atoms with van der Waals surface area (Å²) >= 11 is 0. The van der Waals surface area contributed by atoms with Crippen LogP contribution in [0.25, 0.3) is 0 Å². The molecule has 0 heterocycles. The fourth-order valence-electron chi connectivity index (χ4n) is 1.42. The number of carbonyl (C=O) groups is 2. The maximum atomic E-state index is 11.6. The number of esters is 1. The third kappa shape index (κ3) is 5.71. The van der Waals surface area contributed by atoms with Crippen molar-refractivity contribution in [3.8, 4) is 0 Å². The molecule has 6 nitrogen and oxygen atoms in total. The van der Waals surface area contributed by atoms with Crippen LogP contribution < -0.4 is 11.1 Å². The van der Waals surface area contributed by atoms with Crippen LogP contribution in [0, 0.1) is 0 Å². The average Bonchev–Trinajstić information content (AvgIpc) is 2.49. The van der Waals surface area contributed by atoms with Gasteiger partial charge in [-0.25, -0.2) is 9.59 Å². The van der Waals surface area contributed by atoms with Gasteiger partial charge in [-0.2, -0.15) is 0 Å². The predicted molar refractivity (Wildman–Crippen MR) is 73.9 cm³/mol. The van der Waals surface area contributed by atoms with Gasteiger partial charge in [0.05, 0.1) is 6.61 Å². The molecule has 0 aromatic heterocycles. The molecule has 0 aliphatic rings. The van der Waals surface area contributed by atoms with Gasteiger partial charge in [-0.1, -0.05) is 37.3 Å². The molecule has 0 fully saturated rings. The van der Waals surface area contributed by atoms with Crippen molar-refractivity contribution in [3.63, 3.8) is 0 Å². The van der Waals surface area contributed by atoms with E-state index in [0.29, 0.717) is 13.0 Å². The first-order valence-electron chi connectivity index (χ1n) is 6.51. The number of hydrogen-bond donors (Lipinski definition) is 2. The van der Waals surface area contributed by atoms with E-state index >= 15 is 0 Å². The zero-order valence-electron chi connectivity index (χ0n) is 11.5. The van der Waals surface area contributed by atoms with Crippen LogP contribution in [0.2, 0.25) is 0 Å². The lowest BCUT2D eigenvalue weighted by atomic mass is 10.2. The second-order valence-electron chi connectivity index (χ2n) is 4.16. The largest absolute Gasteiger partial charge is 0.464 e. The summed E-state index contributed by atoms with van der Waals surface area (Å²) in [6, 6.07) is 8.36. The van der Waals surface area contributed by atoms with Gasteiger partial charge in [-0.05, 0) is 12.0 Å². The Balaban J connectivity index is 2.37.